The minimum atomic E-state index is -5.13. The first-order valence-electron chi connectivity index (χ1n) is 4.48. The van der Waals surface area contributed by atoms with E-state index >= 15 is 0 Å². The fourth-order valence-electron chi connectivity index (χ4n) is 1.42. The van der Waals surface area contributed by atoms with Gasteiger partial charge in [-0.05, 0) is 24.6 Å². The molecule has 2 nitrogen and oxygen atoms in total. The Morgan fingerprint density at radius 1 is 0.947 bits per heavy atom. The standard InChI is InChI=1S/C9H5ClF6O2S/c1-4-2-6(9(14,15)16)7(19(10,17)18)3-5(4)8(11,12)13/h2-3H,1H3. The van der Waals surface area contributed by atoms with Gasteiger partial charge in [-0.2, -0.15) is 26.3 Å². The van der Waals surface area contributed by atoms with Crippen molar-refractivity contribution in [2.24, 2.45) is 0 Å². The number of rotatable bonds is 1. The quantitative estimate of drug-likeness (QED) is 0.578. The highest BCUT2D eigenvalue weighted by atomic mass is 35.7. The average Bonchev–Trinajstić information content (AvgIpc) is 2.11. The Morgan fingerprint density at radius 3 is 1.68 bits per heavy atom. The van der Waals surface area contributed by atoms with Crippen LogP contribution in [-0.2, 0) is 21.4 Å². The lowest BCUT2D eigenvalue weighted by Crippen LogP contribution is -2.15. The first-order valence-corrected chi connectivity index (χ1v) is 6.79. The Bertz CT molecular complexity index is 602. The molecule has 0 atom stereocenters. The molecule has 10 heteroatoms. The molecular formula is C9H5ClF6O2S. The fraction of sp³-hybridized carbons (Fsp3) is 0.333. The number of halogens is 7. The van der Waals surface area contributed by atoms with Crippen molar-refractivity contribution in [1.82, 2.24) is 0 Å². The van der Waals surface area contributed by atoms with Crippen LogP contribution in [0.3, 0.4) is 0 Å². The average molecular weight is 327 g/mol. The Kier molecular flexibility index (Phi) is 3.85. The maximum atomic E-state index is 12.6. The molecule has 0 aliphatic heterocycles. The zero-order chi connectivity index (χ0) is 15.2. The van der Waals surface area contributed by atoms with Gasteiger partial charge in [-0.1, -0.05) is 0 Å². The molecule has 0 amide bonds. The maximum absolute atomic E-state index is 12.6. The molecule has 0 radical (unpaired) electrons. The summed E-state index contributed by atoms with van der Waals surface area (Å²) >= 11 is 0. The number of hydrogen-bond acceptors (Lipinski definition) is 2. The normalized spacial score (nSPS) is 13.7. The predicted octanol–water partition coefficient (Wildman–Crippen LogP) is 3.96. The summed E-state index contributed by atoms with van der Waals surface area (Å²) in [4.78, 5) is -1.61. The van der Waals surface area contributed by atoms with Crippen LogP contribution in [0.5, 0.6) is 0 Å². The molecule has 0 aliphatic rings. The van der Waals surface area contributed by atoms with E-state index in [2.05, 4.69) is 0 Å². The summed E-state index contributed by atoms with van der Waals surface area (Å²) in [7, 11) is -0.215. The molecule has 0 unspecified atom stereocenters. The van der Waals surface area contributed by atoms with Gasteiger partial charge in [0.05, 0.1) is 16.0 Å². The van der Waals surface area contributed by atoms with E-state index in [4.69, 9.17) is 10.7 Å². The van der Waals surface area contributed by atoms with E-state index < -0.39 is 43.0 Å². The lowest BCUT2D eigenvalue weighted by atomic mass is 10.0. The SMILES string of the molecule is Cc1cc(C(F)(F)F)c(S(=O)(=O)Cl)cc1C(F)(F)F. The van der Waals surface area contributed by atoms with Crippen LogP contribution in [0.1, 0.15) is 16.7 Å². The lowest BCUT2D eigenvalue weighted by Gasteiger charge is -2.16. The van der Waals surface area contributed by atoms with Gasteiger partial charge in [0.25, 0.3) is 9.05 Å². The predicted molar refractivity (Wildman–Crippen MR) is 54.2 cm³/mol. The van der Waals surface area contributed by atoms with Crippen LogP contribution < -0.4 is 0 Å². The van der Waals surface area contributed by atoms with Crippen LogP contribution in [0.25, 0.3) is 0 Å². The summed E-state index contributed by atoms with van der Waals surface area (Å²) in [6.07, 6.45) is -10.1. The molecule has 0 saturated carbocycles. The Morgan fingerprint density at radius 2 is 1.37 bits per heavy atom. The van der Waals surface area contributed by atoms with Crippen molar-refractivity contribution >= 4 is 19.7 Å². The Hall–Kier alpha value is -0.960. The third-order valence-corrected chi connectivity index (χ3v) is 3.56. The van der Waals surface area contributed by atoms with Gasteiger partial charge in [0.15, 0.2) is 0 Å². The molecule has 1 aromatic carbocycles. The van der Waals surface area contributed by atoms with Crippen molar-refractivity contribution in [3.63, 3.8) is 0 Å². The Labute approximate surface area is 108 Å². The van der Waals surface area contributed by atoms with Gasteiger partial charge in [-0.25, -0.2) is 8.42 Å². The van der Waals surface area contributed by atoms with Crippen LogP contribution in [0.15, 0.2) is 17.0 Å². The molecule has 0 aromatic heterocycles. The molecule has 108 valence electrons. The molecular weight excluding hydrogens is 322 g/mol. The first-order chi connectivity index (χ1) is 8.24. The summed E-state index contributed by atoms with van der Waals surface area (Å²) in [5.41, 5.74) is -3.96. The zero-order valence-corrected chi connectivity index (χ0v) is 10.6. The van der Waals surface area contributed by atoms with Crippen LogP contribution in [0, 0.1) is 6.92 Å². The van der Waals surface area contributed by atoms with E-state index in [1.165, 1.54) is 0 Å². The van der Waals surface area contributed by atoms with Gasteiger partial charge in [0.1, 0.15) is 0 Å². The third-order valence-electron chi connectivity index (χ3n) is 2.20. The van der Waals surface area contributed by atoms with Crippen molar-refractivity contribution in [1.29, 1.82) is 0 Å². The van der Waals surface area contributed by atoms with E-state index in [-0.39, 0.29) is 12.1 Å². The summed E-state index contributed by atoms with van der Waals surface area (Å²) in [6, 6.07) is -0.00141. The zero-order valence-electron chi connectivity index (χ0n) is 9.03. The summed E-state index contributed by atoms with van der Waals surface area (Å²) in [6.45, 7) is 0.794. The van der Waals surface area contributed by atoms with Crippen molar-refractivity contribution in [2.75, 3.05) is 0 Å². The smallest absolute Gasteiger partial charge is 0.207 e. The molecule has 0 N–H and O–H groups in total. The molecule has 0 heterocycles. The highest BCUT2D eigenvalue weighted by Gasteiger charge is 2.41. The van der Waals surface area contributed by atoms with Crippen LogP contribution in [0.2, 0.25) is 0 Å². The van der Waals surface area contributed by atoms with Crippen LogP contribution in [-0.4, -0.2) is 8.42 Å². The molecule has 19 heavy (non-hydrogen) atoms. The van der Waals surface area contributed by atoms with E-state index in [1.54, 1.807) is 0 Å². The van der Waals surface area contributed by atoms with Crippen molar-refractivity contribution in [3.05, 3.63) is 28.8 Å². The highest BCUT2D eigenvalue weighted by Crippen LogP contribution is 2.40. The summed E-state index contributed by atoms with van der Waals surface area (Å²) in [5.74, 6) is 0. The molecule has 0 saturated heterocycles. The van der Waals surface area contributed by atoms with Crippen LogP contribution in [0.4, 0.5) is 26.3 Å². The molecule has 0 fully saturated rings. The molecule has 0 spiro atoms. The topological polar surface area (TPSA) is 34.1 Å². The van der Waals surface area contributed by atoms with Gasteiger partial charge >= 0.3 is 12.4 Å². The highest BCUT2D eigenvalue weighted by molar-refractivity contribution is 8.13. The molecule has 1 aromatic rings. The second-order valence-electron chi connectivity index (χ2n) is 3.60. The van der Waals surface area contributed by atoms with Gasteiger partial charge in [0.2, 0.25) is 0 Å². The van der Waals surface area contributed by atoms with Crippen molar-refractivity contribution in [2.45, 2.75) is 24.2 Å². The monoisotopic (exact) mass is 326 g/mol. The number of alkyl halides is 6. The molecule has 0 aliphatic carbocycles. The van der Waals surface area contributed by atoms with Gasteiger partial charge in [0, 0.05) is 10.7 Å². The number of hydrogen-bond donors (Lipinski definition) is 0. The molecule has 0 bridgehead atoms. The second kappa shape index (κ2) is 4.55. The van der Waals surface area contributed by atoms with Crippen molar-refractivity contribution < 1.29 is 34.8 Å². The largest absolute Gasteiger partial charge is 0.417 e. The summed E-state index contributed by atoms with van der Waals surface area (Å²) in [5, 5.41) is 0. The van der Waals surface area contributed by atoms with E-state index in [0.29, 0.717) is 0 Å². The fourth-order valence-corrected chi connectivity index (χ4v) is 2.50. The minimum absolute atomic E-state index is 0.109. The summed E-state index contributed by atoms with van der Waals surface area (Å²) < 4.78 is 97.3. The third kappa shape index (κ3) is 3.53. The van der Waals surface area contributed by atoms with E-state index in [0.717, 1.165) is 6.92 Å². The first kappa shape index (κ1) is 16.1. The van der Waals surface area contributed by atoms with Crippen LogP contribution >= 0.6 is 10.7 Å². The van der Waals surface area contributed by atoms with Gasteiger partial charge < -0.3 is 0 Å². The number of aryl methyl sites for hydroxylation is 1. The van der Waals surface area contributed by atoms with Gasteiger partial charge in [-0.15, -0.1) is 0 Å². The number of benzene rings is 1. The maximum Gasteiger partial charge on any atom is 0.417 e. The molecule has 1 rings (SSSR count). The second-order valence-corrected chi connectivity index (χ2v) is 6.13. The minimum Gasteiger partial charge on any atom is -0.207 e. The van der Waals surface area contributed by atoms with Crippen molar-refractivity contribution in [3.8, 4) is 0 Å². The lowest BCUT2D eigenvalue weighted by molar-refractivity contribution is -0.143. The van der Waals surface area contributed by atoms with Gasteiger partial charge in [-0.3, -0.25) is 0 Å². The van der Waals surface area contributed by atoms with E-state index in [1.807, 2.05) is 0 Å². The Balaban J connectivity index is 3.76. The van der Waals surface area contributed by atoms with E-state index in [9.17, 15) is 34.8 Å².